The number of nitrogens with one attached hydrogen (secondary N) is 2. The fourth-order valence-electron chi connectivity index (χ4n) is 5.12. The first kappa shape index (κ1) is 31.5. The molecule has 14 heteroatoms. The number of nitrogens with zero attached hydrogens (tertiary/aromatic N) is 4. The number of aromatic nitrogens is 4. The lowest BCUT2D eigenvalue weighted by atomic mass is 9.98. The van der Waals surface area contributed by atoms with E-state index in [0.717, 1.165) is 0 Å². The first-order valence-corrected chi connectivity index (χ1v) is 14.6. The van der Waals surface area contributed by atoms with Crippen molar-refractivity contribution in [3.63, 3.8) is 0 Å². The van der Waals surface area contributed by atoms with Crippen molar-refractivity contribution in [3.05, 3.63) is 42.0 Å². The predicted molar refractivity (Wildman–Crippen MR) is 154 cm³/mol. The van der Waals surface area contributed by atoms with Crippen molar-refractivity contribution in [2.24, 2.45) is 5.92 Å². The zero-order chi connectivity index (χ0) is 31.8. The van der Waals surface area contributed by atoms with Crippen molar-refractivity contribution in [1.82, 2.24) is 24.9 Å². The first-order valence-electron chi connectivity index (χ1n) is 14.6. The molecule has 0 unspecified atom stereocenters. The van der Waals surface area contributed by atoms with Crippen molar-refractivity contribution >= 4 is 23.5 Å². The van der Waals surface area contributed by atoms with E-state index in [1.54, 1.807) is 46.8 Å². The smallest absolute Gasteiger partial charge is 0.408 e. The number of ether oxygens (including phenoxy) is 3. The van der Waals surface area contributed by atoms with Crippen LogP contribution in [0.4, 0.5) is 23.9 Å². The number of alkyl halides is 2. The maximum absolute atomic E-state index is 14.8. The highest BCUT2D eigenvalue weighted by Gasteiger charge is 2.52. The molecule has 2 N–H and O–H groups in total. The van der Waals surface area contributed by atoms with Crippen molar-refractivity contribution in [1.29, 1.82) is 0 Å². The second-order valence-corrected chi connectivity index (χ2v) is 12.6. The van der Waals surface area contributed by atoms with Gasteiger partial charge in [0.1, 0.15) is 23.3 Å². The normalized spacial score (nSPS) is 20.4. The molecular formula is C30H37F3N6O5. The fraction of sp³-hybridized carbons (Fsp3) is 0.567. The van der Waals surface area contributed by atoms with Crippen LogP contribution in [-0.4, -0.2) is 75.1 Å². The largest absolute Gasteiger partial charge is 0.456 e. The van der Waals surface area contributed by atoms with E-state index in [0.29, 0.717) is 42.8 Å². The molecule has 44 heavy (non-hydrogen) atoms. The summed E-state index contributed by atoms with van der Waals surface area (Å²) in [6.07, 6.45) is 0.0329. The minimum absolute atomic E-state index is 0.0999. The van der Waals surface area contributed by atoms with Gasteiger partial charge in [0.25, 0.3) is 0 Å². The number of esters is 1. The van der Waals surface area contributed by atoms with Crippen LogP contribution in [0.5, 0.6) is 0 Å². The zero-order valence-electron chi connectivity index (χ0n) is 25.3. The molecule has 2 aliphatic rings. The van der Waals surface area contributed by atoms with Crippen molar-refractivity contribution in [3.8, 4) is 11.4 Å². The summed E-state index contributed by atoms with van der Waals surface area (Å²) in [5.74, 6) is -1.36. The van der Waals surface area contributed by atoms with E-state index in [4.69, 9.17) is 14.2 Å². The highest BCUT2D eigenvalue weighted by Crippen LogP contribution is 2.52. The quantitative estimate of drug-likeness (QED) is 0.322. The summed E-state index contributed by atoms with van der Waals surface area (Å²) in [5.41, 5.74) is -0.654. The highest BCUT2D eigenvalue weighted by molar-refractivity contribution is 5.82. The number of anilines is 1. The highest BCUT2D eigenvalue weighted by atomic mass is 19.3. The molecule has 1 aliphatic heterocycles. The number of hydrogen-bond acceptors (Lipinski definition) is 9. The van der Waals surface area contributed by atoms with Crippen LogP contribution in [-0.2, 0) is 24.4 Å². The molecule has 1 saturated heterocycles. The van der Waals surface area contributed by atoms with E-state index in [1.165, 1.54) is 23.0 Å². The van der Waals surface area contributed by atoms with E-state index in [2.05, 4.69) is 25.7 Å². The minimum atomic E-state index is -2.48. The number of carbonyl (C=O) groups excluding carboxylic acids is 2. The average molecular weight is 619 g/mol. The molecule has 1 saturated carbocycles. The van der Waals surface area contributed by atoms with E-state index in [9.17, 15) is 22.8 Å². The Balaban J connectivity index is 1.32. The van der Waals surface area contributed by atoms with E-state index < -0.39 is 53.5 Å². The summed E-state index contributed by atoms with van der Waals surface area (Å²) in [4.78, 5) is 34.1. The Bertz CT molecular complexity index is 1500. The van der Waals surface area contributed by atoms with Gasteiger partial charge in [0.05, 0.1) is 35.6 Å². The number of amides is 1. The van der Waals surface area contributed by atoms with Crippen molar-refractivity contribution in [2.75, 3.05) is 18.5 Å². The van der Waals surface area contributed by atoms with Gasteiger partial charge >= 0.3 is 12.1 Å². The molecule has 4 heterocycles. The lowest BCUT2D eigenvalue weighted by Crippen LogP contribution is -2.51. The number of pyridine rings is 1. The molecule has 5 rings (SSSR count). The van der Waals surface area contributed by atoms with Gasteiger partial charge in [-0.1, -0.05) is 19.9 Å². The molecule has 11 nitrogen and oxygen atoms in total. The van der Waals surface area contributed by atoms with Crippen LogP contribution in [0.15, 0.2) is 30.6 Å². The second kappa shape index (κ2) is 12.2. The average Bonchev–Trinajstić information content (AvgIpc) is 3.71. The van der Waals surface area contributed by atoms with Crippen LogP contribution in [0.3, 0.4) is 0 Å². The van der Waals surface area contributed by atoms with Crippen LogP contribution >= 0.6 is 0 Å². The minimum Gasteiger partial charge on any atom is -0.456 e. The maximum atomic E-state index is 14.8. The van der Waals surface area contributed by atoms with Gasteiger partial charge in [-0.3, -0.25) is 4.98 Å². The van der Waals surface area contributed by atoms with E-state index in [1.807, 2.05) is 0 Å². The molecule has 3 aromatic heterocycles. The van der Waals surface area contributed by atoms with Gasteiger partial charge in [-0.15, -0.1) is 5.10 Å². The lowest BCUT2D eigenvalue weighted by molar-refractivity contribution is -0.159. The van der Waals surface area contributed by atoms with Gasteiger partial charge in [-0.2, -0.15) is 0 Å². The standard InChI is InChI=1S/C30H37F3N6O5/c1-16(2)24(37-28(41)44-29(3,4)5)25(40)43-23-15-42-11-8-20(23)36-27-35-14-22-18(31)12-21(39(22)38-27)19-7-6-17(13-34-19)30(9-10-30)26(32)33/h6-7,12-14,16,20,23-24,26H,8-11,15H2,1-5H3,(H,36,38)(H,37,41)/t20-,23-,24+/m1/s1. The number of rotatable bonds is 9. The van der Waals surface area contributed by atoms with Gasteiger partial charge in [0, 0.05) is 18.9 Å². The third kappa shape index (κ3) is 6.74. The molecule has 3 aromatic rings. The third-order valence-corrected chi connectivity index (χ3v) is 7.75. The molecule has 238 valence electrons. The summed E-state index contributed by atoms with van der Waals surface area (Å²) in [7, 11) is 0. The lowest BCUT2D eigenvalue weighted by Gasteiger charge is -2.33. The van der Waals surface area contributed by atoms with E-state index >= 15 is 0 Å². The molecule has 1 aliphatic carbocycles. The van der Waals surface area contributed by atoms with Gasteiger partial charge in [0.2, 0.25) is 12.4 Å². The summed E-state index contributed by atoms with van der Waals surface area (Å²) in [6.45, 7) is 9.21. The molecule has 1 amide bonds. The molecule has 0 radical (unpaired) electrons. The number of carbonyl (C=O) groups is 2. The maximum Gasteiger partial charge on any atom is 0.408 e. The zero-order valence-corrected chi connectivity index (χ0v) is 25.3. The predicted octanol–water partition coefficient (Wildman–Crippen LogP) is 4.89. The molecule has 0 bridgehead atoms. The van der Waals surface area contributed by atoms with Crippen LogP contribution in [0.1, 0.15) is 59.4 Å². The molecule has 3 atom stereocenters. The fourth-order valence-corrected chi connectivity index (χ4v) is 5.12. The van der Waals surface area contributed by atoms with Gasteiger partial charge in [-0.25, -0.2) is 32.3 Å². The van der Waals surface area contributed by atoms with Crippen molar-refractivity contribution < 1.29 is 37.0 Å². The number of hydrogen-bond donors (Lipinski definition) is 2. The van der Waals surface area contributed by atoms with Crippen LogP contribution < -0.4 is 10.6 Å². The molecule has 0 aromatic carbocycles. The molecule has 0 spiro atoms. The Kier molecular flexibility index (Phi) is 8.74. The van der Waals surface area contributed by atoms with Gasteiger partial charge in [0.15, 0.2) is 5.82 Å². The van der Waals surface area contributed by atoms with Crippen LogP contribution in [0.25, 0.3) is 16.9 Å². The Morgan fingerprint density at radius 2 is 1.91 bits per heavy atom. The second-order valence-electron chi connectivity index (χ2n) is 12.6. The summed E-state index contributed by atoms with van der Waals surface area (Å²) < 4.78 is 59.9. The Hall–Kier alpha value is -3.94. The monoisotopic (exact) mass is 618 g/mol. The SMILES string of the molecule is CC(C)[C@H](NC(=O)OC(C)(C)C)C(=O)O[C@@H]1COCC[C@H]1Nc1ncc2c(F)cc(-c3ccc(C4(C(F)F)CC4)cn3)n2n1. The van der Waals surface area contributed by atoms with Gasteiger partial charge in [-0.05, 0) is 57.6 Å². The topological polar surface area (TPSA) is 129 Å². The number of halogens is 3. The third-order valence-electron chi connectivity index (χ3n) is 7.75. The van der Waals surface area contributed by atoms with E-state index in [-0.39, 0.29) is 24.0 Å². The molecule has 2 fully saturated rings. The summed E-state index contributed by atoms with van der Waals surface area (Å²) in [5, 5.41) is 10.2. The van der Waals surface area contributed by atoms with Crippen molar-refractivity contribution in [2.45, 2.75) is 89.5 Å². The number of fused-ring (bicyclic) bond motifs is 1. The van der Waals surface area contributed by atoms with Gasteiger partial charge < -0.3 is 24.8 Å². The Morgan fingerprint density at radius 1 is 1.16 bits per heavy atom. The summed E-state index contributed by atoms with van der Waals surface area (Å²) >= 11 is 0. The first-order chi connectivity index (χ1) is 20.8. The van der Waals surface area contributed by atoms with Crippen LogP contribution in [0.2, 0.25) is 0 Å². The van der Waals surface area contributed by atoms with Crippen LogP contribution in [0, 0.1) is 11.7 Å². The Labute approximate surface area is 252 Å². The number of alkyl carbamates (subject to hydrolysis) is 1. The Morgan fingerprint density at radius 3 is 2.52 bits per heavy atom. The molecular weight excluding hydrogens is 581 g/mol. The summed E-state index contributed by atoms with van der Waals surface area (Å²) in [6, 6.07) is 3.03.